The maximum atomic E-state index is 13.7. The smallest absolute Gasteiger partial charge is 0.239 e. The van der Waals surface area contributed by atoms with Crippen molar-refractivity contribution in [3.05, 3.63) is 40.6 Å². The van der Waals surface area contributed by atoms with Gasteiger partial charge in [0.1, 0.15) is 71.3 Å². The van der Waals surface area contributed by atoms with Crippen LogP contribution >= 0.6 is 0 Å². The molecule has 0 spiro atoms. The number of fused-ring (bicyclic) bond motifs is 1. The van der Waals surface area contributed by atoms with Gasteiger partial charge in [-0.3, -0.25) is 4.79 Å². The Morgan fingerprint density at radius 3 is 1.87 bits per heavy atom. The van der Waals surface area contributed by atoms with Crippen LogP contribution in [0.25, 0.3) is 22.3 Å². The summed E-state index contributed by atoms with van der Waals surface area (Å²) in [4.78, 5) is 13.7. The fourth-order valence-corrected chi connectivity index (χ4v) is 5.04. The molecule has 0 unspecified atom stereocenters. The van der Waals surface area contributed by atoms with E-state index in [1.807, 2.05) is 0 Å². The van der Waals surface area contributed by atoms with E-state index in [-0.39, 0.29) is 28.4 Å². The van der Waals surface area contributed by atoms with Gasteiger partial charge in [0.05, 0.1) is 20.3 Å². The first-order chi connectivity index (χ1) is 21.4. The summed E-state index contributed by atoms with van der Waals surface area (Å²) in [6.45, 7) is -1.47. The highest BCUT2D eigenvalue weighted by atomic mass is 16.7. The fraction of sp³-hybridized carbons (Fsp3) is 0.464. The lowest BCUT2D eigenvalue weighted by Gasteiger charge is -2.39. The monoisotopic (exact) mass is 640 g/mol. The summed E-state index contributed by atoms with van der Waals surface area (Å²) in [7, 11) is 1.25. The molecular formula is C28H32O17. The van der Waals surface area contributed by atoms with Crippen molar-refractivity contribution in [3.8, 4) is 40.1 Å². The number of phenolic OH excluding ortho intramolecular Hbond substituents is 2. The highest BCUT2D eigenvalue weighted by Gasteiger charge is 2.46. The van der Waals surface area contributed by atoms with Gasteiger partial charge in [-0.05, 0) is 18.2 Å². The van der Waals surface area contributed by atoms with E-state index in [0.717, 1.165) is 12.1 Å². The van der Waals surface area contributed by atoms with E-state index in [1.165, 1.54) is 25.3 Å². The average molecular weight is 641 g/mol. The standard InChI is InChI=1S/C28H32O17/c1-40-13-4-9(2-3-12(13)42-27-23(38)21(36)18(33)15(7-29)43-27)25-26(20(35)17-11(32)5-10(31)6-14(17)41-25)45-28-24(39)22(37)19(34)16(8-30)44-28/h2-6,15-16,18-19,21-24,27-34,36-39H,7-8H2,1H3/t15-,16+,18-,19+,21+,22-,23+,24+,27-,28-/m1/s1. The zero-order valence-corrected chi connectivity index (χ0v) is 23.4. The molecule has 2 aliphatic rings. The van der Waals surface area contributed by atoms with Crippen LogP contribution in [-0.2, 0) is 9.47 Å². The Hall–Kier alpha value is -3.75. The minimum Gasteiger partial charge on any atom is -0.508 e. The highest BCUT2D eigenvalue weighted by Crippen LogP contribution is 2.40. The van der Waals surface area contributed by atoms with Gasteiger partial charge in [-0.1, -0.05) is 0 Å². The summed E-state index contributed by atoms with van der Waals surface area (Å²) in [5.41, 5.74) is -1.23. The molecular weight excluding hydrogens is 608 g/mol. The van der Waals surface area contributed by atoms with E-state index in [9.17, 15) is 55.9 Å². The topological polar surface area (TPSA) is 279 Å². The number of hydrogen-bond donors (Lipinski definition) is 10. The van der Waals surface area contributed by atoms with E-state index in [2.05, 4.69) is 0 Å². The molecule has 0 saturated carbocycles. The predicted octanol–water partition coefficient (Wildman–Crippen LogP) is -2.76. The summed E-state index contributed by atoms with van der Waals surface area (Å²) in [5.74, 6) is -2.25. The number of methoxy groups -OCH3 is 1. The first-order valence-electron chi connectivity index (χ1n) is 13.6. The molecule has 0 aliphatic carbocycles. The highest BCUT2D eigenvalue weighted by molar-refractivity contribution is 5.88. The zero-order valence-electron chi connectivity index (χ0n) is 23.4. The number of hydrogen-bond acceptors (Lipinski definition) is 17. The maximum Gasteiger partial charge on any atom is 0.239 e. The number of aliphatic hydroxyl groups is 8. The number of aromatic hydroxyl groups is 2. The average Bonchev–Trinajstić information content (AvgIpc) is 3.02. The Morgan fingerprint density at radius 2 is 1.31 bits per heavy atom. The molecule has 2 aliphatic heterocycles. The van der Waals surface area contributed by atoms with Gasteiger partial charge in [0, 0.05) is 17.7 Å². The minimum atomic E-state index is -1.91. The first kappa shape index (κ1) is 32.6. The molecule has 45 heavy (non-hydrogen) atoms. The van der Waals surface area contributed by atoms with Gasteiger partial charge in [-0.15, -0.1) is 0 Å². The fourth-order valence-electron chi connectivity index (χ4n) is 5.04. The molecule has 246 valence electrons. The Bertz CT molecular complexity index is 1570. The second-order valence-corrected chi connectivity index (χ2v) is 10.4. The summed E-state index contributed by atoms with van der Waals surface area (Å²) in [5, 5.41) is 100. The van der Waals surface area contributed by atoms with Crippen LogP contribution in [0.4, 0.5) is 0 Å². The molecule has 10 atom stereocenters. The van der Waals surface area contributed by atoms with Crippen molar-refractivity contribution in [2.24, 2.45) is 0 Å². The van der Waals surface area contributed by atoms with Crippen molar-refractivity contribution < 1.29 is 79.2 Å². The third kappa shape index (κ3) is 5.98. The van der Waals surface area contributed by atoms with Gasteiger partial charge < -0.3 is 79.2 Å². The molecule has 1 aromatic heterocycles. The predicted molar refractivity (Wildman–Crippen MR) is 147 cm³/mol. The van der Waals surface area contributed by atoms with E-state index in [0.29, 0.717) is 0 Å². The molecule has 3 heterocycles. The van der Waals surface area contributed by atoms with Crippen LogP contribution in [0.15, 0.2) is 39.5 Å². The molecule has 3 aromatic rings. The molecule has 0 amide bonds. The molecule has 0 bridgehead atoms. The molecule has 2 saturated heterocycles. The van der Waals surface area contributed by atoms with Gasteiger partial charge in [0.25, 0.3) is 0 Å². The van der Waals surface area contributed by atoms with E-state index in [1.54, 1.807) is 0 Å². The van der Waals surface area contributed by atoms with Crippen LogP contribution < -0.4 is 19.6 Å². The van der Waals surface area contributed by atoms with Crippen molar-refractivity contribution in [1.29, 1.82) is 0 Å². The second-order valence-electron chi connectivity index (χ2n) is 10.4. The lowest BCUT2D eigenvalue weighted by atomic mass is 9.99. The number of rotatable bonds is 8. The third-order valence-electron chi connectivity index (χ3n) is 7.52. The SMILES string of the molecule is COc1cc(-c2oc3cc(O)cc(O)c3c(=O)c2O[C@H]2O[C@@H](CO)[C@H](O)[C@@H](O)[C@@H]2O)ccc1O[C@@H]1O[C@H](CO)[C@@H](O)[C@H](O)[C@@H]1O. The van der Waals surface area contributed by atoms with Gasteiger partial charge in [-0.2, -0.15) is 0 Å². The molecule has 2 fully saturated rings. The number of phenols is 2. The zero-order chi connectivity index (χ0) is 32.7. The molecule has 17 nitrogen and oxygen atoms in total. The van der Waals surface area contributed by atoms with Crippen LogP contribution in [-0.4, -0.2) is 133 Å². The summed E-state index contributed by atoms with van der Waals surface area (Å²) < 4.78 is 33.4. The van der Waals surface area contributed by atoms with Gasteiger partial charge in [0.2, 0.25) is 23.8 Å². The van der Waals surface area contributed by atoms with Crippen LogP contribution in [0.3, 0.4) is 0 Å². The lowest BCUT2D eigenvalue weighted by molar-refractivity contribution is -0.277. The summed E-state index contributed by atoms with van der Waals surface area (Å²) >= 11 is 0. The lowest BCUT2D eigenvalue weighted by Crippen LogP contribution is -2.60. The van der Waals surface area contributed by atoms with E-state index >= 15 is 0 Å². The molecule has 17 heteroatoms. The van der Waals surface area contributed by atoms with Crippen LogP contribution in [0.2, 0.25) is 0 Å². The number of ether oxygens (including phenoxy) is 5. The van der Waals surface area contributed by atoms with Crippen molar-refractivity contribution >= 4 is 11.0 Å². The maximum absolute atomic E-state index is 13.7. The summed E-state index contributed by atoms with van der Waals surface area (Å²) in [6.07, 6.45) is -16.6. The molecule has 2 aromatic carbocycles. The van der Waals surface area contributed by atoms with Crippen LogP contribution in [0, 0.1) is 0 Å². The molecule has 5 rings (SSSR count). The Labute approximate surface area is 252 Å². The Morgan fingerprint density at radius 1 is 0.733 bits per heavy atom. The number of aliphatic hydroxyl groups excluding tert-OH is 8. The van der Waals surface area contributed by atoms with E-state index in [4.69, 9.17) is 28.1 Å². The van der Waals surface area contributed by atoms with Crippen LogP contribution in [0.5, 0.6) is 28.7 Å². The normalized spacial score (nSPS) is 31.9. The second kappa shape index (κ2) is 12.9. The van der Waals surface area contributed by atoms with Gasteiger partial charge >= 0.3 is 0 Å². The minimum absolute atomic E-state index is 0.0504. The molecule has 0 radical (unpaired) electrons. The Balaban J connectivity index is 1.58. The van der Waals surface area contributed by atoms with Crippen LogP contribution in [0.1, 0.15) is 0 Å². The van der Waals surface area contributed by atoms with Gasteiger partial charge in [0.15, 0.2) is 17.3 Å². The van der Waals surface area contributed by atoms with Crippen molar-refractivity contribution in [3.63, 3.8) is 0 Å². The molecule has 10 N–H and O–H groups in total. The van der Waals surface area contributed by atoms with Gasteiger partial charge in [-0.25, -0.2) is 0 Å². The number of benzene rings is 2. The first-order valence-corrected chi connectivity index (χ1v) is 13.6. The Kier molecular flexibility index (Phi) is 9.38. The van der Waals surface area contributed by atoms with E-state index < -0.39 is 103 Å². The van der Waals surface area contributed by atoms with Crippen molar-refractivity contribution in [2.45, 2.75) is 61.4 Å². The quantitative estimate of drug-likeness (QED) is 0.119. The largest absolute Gasteiger partial charge is 0.508 e. The van der Waals surface area contributed by atoms with Crippen molar-refractivity contribution in [1.82, 2.24) is 0 Å². The van der Waals surface area contributed by atoms with Crippen molar-refractivity contribution in [2.75, 3.05) is 20.3 Å². The summed E-state index contributed by atoms with van der Waals surface area (Å²) in [6, 6.07) is 5.83. The third-order valence-corrected chi connectivity index (χ3v) is 7.52.